The number of hydrogen-bond donors (Lipinski definition) is 2. The van der Waals surface area contributed by atoms with Crippen LogP contribution in [0.5, 0.6) is 0 Å². The molecule has 1 aromatic rings. The van der Waals surface area contributed by atoms with Crippen LogP contribution in [0.1, 0.15) is 5.56 Å². The largest absolute Gasteiger partial charge is 0.500 e. The van der Waals surface area contributed by atoms with Crippen LogP contribution in [0.4, 0.5) is 0 Å². The number of halogens is 1. The zero-order valence-corrected chi connectivity index (χ0v) is 11.1. The normalized spacial score (nSPS) is 9.53. The minimum Gasteiger partial charge on any atom is -0.500 e. The fourth-order valence-electron chi connectivity index (χ4n) is 1.28. The minimum absolute atomic E-state index is 0.203. The van der Waals surface area contributed by atoms with E-state index in [2.05, 4.69) is 17.2 Å². The van der Waals surface area contributed by atoms with Crippen LogP contribution in [0.2, 0.25) is 5.02 Å². The van der Waals surface area contributed by atoms with Crippen LogP contribution in [-0.4, -0.2) is 25.0 Å². The maximum atomic E-state index is 11.5. The zero-order chi connectivity index (χ0) is 14.1. The topological polar surface area (TPSA) is 67.4 Å². The van der Waals surface area contributed by atoms with E-state index in [1.165, 1.54) is 6.26 Å². The molecule has 1 rings (SSSR count). The lowest BCUT2D eigenvalue weighted by Gasteiger charge is -2.07. The number of benzene rings is 1. The summed E-state index contributed by atoms with van der Waals surface area (Å²) in [6.07, 6.45) is 1.27. The van der Waals surface area contributed by atoms with Crippen molar-refractivity contribution < 1.29 is 14.3 Å². The summed E-state index contributed by atoms with van der Waals surface area (Å²) in [7, 11) is 0. The van der Waals surface area contributed by atoms with Crippen molar-refractivity contribution in [3.63, 3.8) is 0 Å². The van der Waals surface area contributed by atoms with Gasteiger partial charge in [-0.15, -0.1) is 0 Å². The van der Waals surface area contributed by atoms with Crippen molar-refractivity contribution in [2.24, 2.45) is 0 Å². The van der Waals surface area contributed by atoms with Gasteiger partial charge in [-0.2, -0.15) is 0 Å². The fraction of sp³-hybridized carbons (Fsp3) is 0.231. The first kappa shape index (κ1) is 15.0. The van der Waals surface area contributed by atoms with Crippen LogP contribution >= 0.6 is 11.6 Å². The molecule has 0 aliphatic heterocycles. The van der Waals surface area contributed by atoms with Crippen molar-refractivity contribution in [1.29, 1.82) is 0 Å². The Morgan fingerprint density at radius 2 is 1.95 bits per heavy atom. The van der Waals surface area contributed by atoms with E-state index in [0.717, 1.165) is 5.56 Å². The monoisotopic (exact) mass is 282 g/mol. The molecule has 0 aliphatic carbocycles. The average Bonchev–Trinajstić information content (AvgIpc) is 2.42. The molecule has 0 aliphatic rings. The van der Waals surface area contributed by atoms with Gasteiger partial charge in [-0.25, -0.2) is 0 Å². The predicted molar refractivity (Wildman–Crippen MR) is 72.5 cm³/mol. The molecule has 6 heteroatoms. The van der Waals surface area contributed by atoms with Crippen LogP contribution in [0.3, 0.4) is 0 Å². The van der Waals surface area contributed by atoms with Crippen molar-refractivity contribution in [1.82, 2.24) is 10.6 Å². The molecule has 5 nitrogen and oxygen atoms in total. The Balaban J connectivity index is 2.32. The molecule has 2 N–H and O–H groups in total. The maximum Gasteiger partial charge on any atom is 0.309 e. The van der Waals surface area contributed by atoms with Crippen LogP contribution < -0.4 is 10.6 Å². The molecule has 0 heterocycles. The summed E-state index contributed by atoms with van der Waals surface area (Å²) < 4.78 is 4.81. The lowest BCUT2D eigenvalue weighted by atomic mass is 10.2. The Morgan fingerprint density at radius 1 is 1.26 bits per heavy atom. The smallest absolute Gasteiger partial charge is 0.309 e. The predicted octanol–water partition coefficient (Wildman–Crippen LogP) is 1.23. The third-order valence-electron chi connectivity index (χ3n) is 2.23. The molecule has 2 amide bonds. The summed E-state index contributed by atoms with van der Waals surface area (Å²) >= 11 is 5.93. The van der Waals surface area contributed by atoms with E-state index in [0.29, 0.717) is 5.02 Å². The van der Waals surface area contributed by atoms with Gasteiger partial charge in [0, 0.05) is 11.6 Å². The summed E-state index contributed by atoms with van der Waals surface area (Å²) in [4.78, 5) is 22.8. The van der Waals surface area contributed by atoms with E-state index < -0.39 is 11.8 Å². The minimum atomic E-state index is -0.710. The molecule has 0 unspecified atom stereocenters. The molecule has 19 heavy (non-hydrogen) atoms. The molecule has 0 saturated heterocycles. The highest BCUT2D eigenvalue weighted by Crippen LogP contribution is 2.13. The van der Waals surface area contributed by atoms with E-state index >= 15 is 0 Å². The van der Waals surface area contributed by atoms with Crippen molar-refractivity contribution in [3.8, 4) is 0 Å². The Kier molecular flexibility index (Phi) is 6.46. The Hall–Kier alpha value is -2.01. The summed E-state index contributed by atoms with van der Waals surface area (Å²) in [6, 6.07) is 7.09. The molecule has 0 spiro atoms. The van der Waals surface area contributed by atoms with Gasteiger partial charge in [0.1, 0.15) is 6.61 Å². The number of amides is 2. The number of carbonyl (C=O) groups excluding carboxylic acids is 2. The van der Waals surface area contributed by atoms with E-state index in [9.17, 15) is 9.59 Å². The van der Waals surface area contributed by atoms with Crippen LogP contribution in [0.25, 0.3) is 0 Å². The third-order valence-corrected chi connectivity index (χ3v) is 2.60. The first-order valence-corrected chi connectivity index (χ1v) is 6.05. The fourth-order valence-corrected chi connectivity index (χ4v) is 1.49. The van der Waals surface area contributed by atoms with Crippen LogP contribution in [0.15, 0.2) is 37.1 Å². The van der Waals surface area contributed by atoms with Gasteiger partial charge < -0.3 is 15.4 Å². The van der Waals surface area contributed by atoms with E-state index in [1.54, 1.807) is 24.3 Å². The van der Waals surface area contributed by atoms with E-state index in [1.807, 2.05) is 0 Å². The molecule has 0 bridgehead atoms. The van der Waals surface area contributed by atoms with Crippen LogP contribution in [0, 0.1) is 0 Å². The molecule has 1 aromatic carbocycles. The van der Waals surface area contributed by atoms with Crippen molar-refractivity contribution >= 4 is 23.4 Å². The lowest BCUT2D eigenvalue weighted by Crippen LogP contribution is -2.40. The van der Waals surface area contributed by atoms with Gasteiger partial charge in [0.15, 0.2) is 0 Å². The Bertz CT molecular complexity index is 463. The molecule has 0 aromatic heterocycles. The molecule has 0 radical (unpaired) electrons. The van der Waals surface area contributed by atoms with Gasteiger partial charge in [-0.3, -0.25) is 9.59 Å². The second-order valence-electron chi connectivity index (χ2n) is 3.57. The molecule has 0 atom stereocenters. The first-order valence-electron chi connectivity index (χ1n) is 5.67. The number of rotatable bonds is 6. The average molecular weight is 283 g/mol. The van der Waals surface area contributed by atoms with Crippen LogP contribution in [-0.2, 0) is 20.9 Å². The highest BCUT2D eigenvalue weighted by atomic mass is 35.5. The Labute approximate surface area is 116 Å². The standard InChI is InChI=1S/C13H15ClN2O3/c1-2-19-8-7-15-12(17)13(18)16-9-10-5-3-4-6-11(10)14/h2-6H,1,7-9H2,(H,15,17)(H,16,18). The highest BCUT2D eigenvalue weighted by molar-refractivity contribution is 6.35. The summed E-state index contributed by atoms with van der Waals surface area (Å²) in [5.41, 5.74) is 0.750. The number of nitrogens with one attached hydrogen (secondary N) is 2. The van der Waals surface area contributed by atoms with Crippen molar-refractivity contribution in [2.75, 3.05) is 13.2 Å². The second kappa shape index (κ2) is 8.16. The zero-order valence-electron chi connectivity index (χ0n) is 10.3. The van der Waals surface area contributed by atoms with Gasteiger partial charge in [-0.05, 0) is 11.6 Å². The van der Waals surface area contributed by atoms with E-state index in [4.69, 9.17) is 16.3 Å². The van der Waals surface area contributed by atoms with Gasteiger partial charge in [0.05, 0.1) is 12.8 Å². The first-order chi connectivity index (χ1) is 9.15. The van der Waals surface area contributed by atoms with Gasteiger partial charge in [0.2, 0.25) is 0 Å². The summed E-state index contributed by atoms with van der Waals surface area (Å²) in [6.45, 7) is 4.07. The van der Waals surface area contributed by atoms with Gasteiger partial charge >= 0.3 is 11.8 Å². The molecular weight excluding hydrogens is 268 g/mol. The Morgan fingerprint density at radius 3 is 2.63 bits per heavy atom. The number of hydrogen-bond acceptors (Lipinski definition) is 3. The molecule has 0 fully saturated rings. The third kappa shape index (κ3) is 5.44. The number of carbonyl (C=O) groups is 2. The summed E-state index contributed by atoms with van der Waals surface area (Å²) in [5.74, 6) is -1.42. The molecular formula is C13H15ClN2O3. The van der Waals surface area contributed by atoms with E-state index in [-0.39, 0.29) is 19.7 Å². The second-order valence-corrected chi connectivity index (χ2v) is 3.97. The van der Waals surface area contributed by atoms with Crippen molar-refractivity contribution in [2.45, 2.75) is 6.54 Å². The van der Waals surface area contributed by atoms with Crippen molar-refractivity contribution in [3.05, 3.63) is 47.7 Å². The SMILES string of the molecule is C=COCCNC(=O)C(=O)NCc1ccccc1Cl. The molecule has 102 valence electrons. The van der Waals surface area contributed by atoms with Gasteiger partial charge in [0.25, 0.3) is 0 Å². The summed E-state index contributed by atoms with van der Waals surface area (Å²) in [5, 5.41) is 5.44. The lowest BCUT2D eigenvalue weighted by molar-refractivity contribution is -0.139. The van der Waals surface area contributed by atoms with Gasteiger partial charge in [-0.1, -0.05) is 36.4 Å². The highest BCUT2D eigenvalue weighted by Gasteiger charge is 2.12. The quantitative estimate of drug-likeness (QED) is 0.468. The molecule has 0 saturated carbocycles. The maximum absolute atomic E-state index is 11.5. The number of ether oxygens (including phenoxy) is 1.